The number of hydrogen-bond acceptors (Lipinski definition) is 1. The molecule has 1 aromatic heterocycles. The van der Waals surface area contributed by atoms with E-state index in [0.717, 1.165) is 22.7 Å². The third-order valence-corrected chi connectivity index (χ3v) is 16.3. The fraction of sp³-hybridized carbons (Fsp3) is 0.0141. The van der Waals surface area contributed by atoms with Crippen LogP contribution >= 0.6 is 0 Å². The highest BCUT2D eigenvalue weighted by molar-refractivity contribution is 6.26. The fourth-order valence-corrected chi connectivity index (χ4v) is 13.3. The van der Waals surface area contributed by atoms with E-state index in [2.05, 4.69) is 276 Å². The number of anilines is 3. The van der Waals surface area contributed by atoms with Gasteiger partial charge in [-0.25, -0.2) is 0 Å². The Hall–Kier alpha value is -9.50. The first kappa shape index (κ1) is 40.3. The van der Waals surface area contributed by atoms with Gasteiger partial charge in [-0.2, -0.15) is 0 Å². The molecule has 1 heterocycles. The van der Waals surface area contributed by atoms with E-state index in [9.17, 15) is 0 Å². The zero-order valence-electron chi connectivity index (χ0n) is 39.8. The molecule has 0 unspecified atom stereocenters. The van der Waals surface area contributed by atoms with Gasteiger partial charge in [0.15, 0.2) is 0 Å². The Morgan fingerprint density at radius 3 is 1.40 bits per heavy atom. The topological polar surface area (TPSA) is 8.17 Å². The molecule has 0 N–H and O–H groups in total. The summed E-state index contributed by atoms with van der Waals surface area (Å²) in [5.41, 5.74) is 19.3. The van der Waals surface area contributed by atoms with Crippen molar-refractivity contribution in [3.63, 3.8) is 0 Å². The fourth-order valence-electron chi connectivity index (χ4n) is 13.3. The standard InChI is InChI=1S/C71H44N2/c1-2-19-48(20-3-1)73-68-32-16-28-52(70(68)63-41-46-17-4-5-18-47(46)42-69(63)73)45-33-35-49(36-34-45)72(50-37-39-57-55-23-7-6-21-53(55)54-22-8-9-24-56(54)62(57)43-50)51-38-40-61-60-27-12-15-31-66(60)71(67(61)44-51)64-29-13-10-25-58(64)59-26-11-14-30-65(59)71/h1-44H. The third kappa shape index (κ3) is 5.58. The van der Waals surface area contributed by atoms with Crippen LogP contribution in [0.4, 0.5) is 17.1 Å². The van der Waals surface area contributed by atoms with E-state index in [0.29, 0.717) is 0 Å². The van der Waals surface area contributed by atoms with Crippen molar-refractivity contribution in [2.45, 2.75) is 5.41 Å². The summed E-state index contributed by atoms with van der Waals surface area (Å²) in [4.78, 5) is 2.49. The van der Waals surface area contributed by atoms with Crippen molar-refractivity contribution in [1.82, 2.24) is 4.57 Å². The molecule has 0 radical (unpaired) electrons. The molecule has 0 fully saturated rings. The molecular formula is C71H44N2. The Bertz CT molecular complexity index is 4520. The average molecular weight is 925 g/mol. The minimum absolute atomic E-state index is 0.466. The lowest BCUT2D eigenvalue weighted by Crippen LogP contribution is -2.26. The highest BCUT2D eigenvalue weighted by atomic mass is 15.1. The van der Waals surface area contributed by atoms with Crippen LogP contribution in [0.2, 0.25) is 0 Å². The normalized spacial score (nSPS) is 13.0. The predicted molar refractivity (Wildman–Crippen MR) is 307 cm³/mol. The smallest absolute Gasteiger partial charge is 0.0726 e. The monoisotopic (exact) mass is 924 g/mol. The van der Waals surface area contributed by atoms with E-state index in [4.69, 9.17) is 0 Å². The summed E-state index contributed by atoms with van der Waals surface area (Å²) in [6.07, 6.45) is 0. The van der Waals surface area contributed by atoms with Crippen LogP contribution in [0.1, 0.15) is 22.3 Å². The van der Waals surface area contributed by atoms with E-state index in [1.807, 2.05) is 0 Å². The molecule has 2 nitrogen and oxygen atoms in total. The first-order chi connectivity index (χ1) is 36.2. The Balaban J connectivity index is 0.931. The second kappa shape index (κ2) is 15.3. The minimum Gasteiger partial charge on any atom is -0.310 e. The molecule has 73 heavy (non-hydrogen) atoms. The van der Waals surface area contributed by atoms with Crippen molar-refractivity contribution in [2.24, 2.45) is 0 Å². The van der Waals surface area contributed by atoms with Crippen molar-refractivity contribution in [3.8, 4) is 39.1 Å². The predicted octanol–water partition coefficient (Wildman–Crippen LogP) is 18.9. The highest BCUT2D eigenvalue weighted by Crippen LogP contribution is 2.63. The average Bonchev–Trinajstić information content (AvgIpc) is 4.06. The number of rotatable bonds is 5. The van der Waals surface area contributed by atoms with E-state index >= 15 is 0 Å². The van der Waals surface area contributed by atoms with Crippen molar-refractivity contribution in [3.05, 3.63) is 289 Å². The van der Waals surface area contributed by atoms with Crippen LogP contribution in [0.15, 0.2) is 267 Å². The molecule has 0 saturated carbocycles. The van der Waals surface area contributed by atoms with Gasteiger partial charge in [-0.3, -0.25) is 0 Å². The van der Waals surface area contributed by atoms with Gasteiger partial charge in [0.2, 0.25) is 0 Å². The maximum absolute atomic E-state index is 2.51. The summed E-state index contributed by atoms with van der Waals surface area (Å²) in [6.45, 7) is 0. The number of nitrogens with zero attached hydrogens (tertiary/aromatic N) is 2. The molecule has 2 heteroatoms. The molecule has 16 rings (SSSR count). The molecule has 0 amide bonds. The molecule has 0 bridgehead atoms. The van der Waals surface area contributed by atoms with E-state index in [1.54, 1.807) is 0 Å². The largest absolute Gasteiger partial charge is 0.310 e. The lowest BCUT2D eigenvalue weighted by molar-refractivity contribution is 0.793. The molecule has 14 aromatic rings. The summed E-state index contributed by atoms with van der Waals surface area (Å²) in [5, 5.41) is 12.5. The molecule has 2 aliphatic rings. The second-order valence-electron chi connectivity index (χ2n) is 19.9. The molecule has 338 valence electrons. The molecule has 0 atom stereocenters. The number of hydrogen-bond donors (Lipinski definition) is 0. The highest BCUT2D eigenvalue weighted by Gasteiger charge is 2.51. The van der Waals surface area contributed by atoms with Crippen molar-refractivity contribution in [2.75, 3.05) is 4.90 Å². The number of fused-ring (bicyclic) bond motifs is 20. The quantitative estimate of drug-likeness (QED) is 0.156. The lowest BCUT2D eigenvalue weighted by Gasteiger charge is -2.32. The first-order valence-corrected chi connectivity index (χ1v) is 25.4. The Morgan fingerprint density at radius 2 is 0.753 bits per heavy atom. The molecule has 2 aliphatic carbocycles. The molecular weight excluding hydrogens is 881 g/mol. The lowest BCUT2D eigenvalue weighted by atomic mass is 9.70. The number of para-hydroxylation sites is 1. The number of benzene rings is 13. The SMILES string of the molecule is c1ccc(-n2c3cc4ccccc4cc3c3c(-c4ccc(N(c5ccc6c(c5)C5(c7ccccc7-c7ccccc75)c5ccccc5-6)c5ccc6c7ccccc7c7ccccc7c6c5)cc4)cccc32)cc1. The van der Waals surface area contributed by atoms with E-state index in [-0.39, 0.29) is 0 Å². The Morgan fingerprint density at radius 1 is 0.274 bits per heavy atom. The van der Waals surface area contributed by atoms with Crippen LogP contribution in [-0.4, -0.2) is 4.57 Å². The van der Waals surface area contributed by atoms with Gasteiger partial charge in [0.1, 0.15) is 0 Å². The van der Waals surface area contributed by atoms with Crippen LogP contribution < -0.4 is 4.90 Å². The Kier molecular flexibility index (Phi) is 8.41. The third-order valence-electron chi connectivity index (χ3n) is 16.3. The molecule has 13 aromatic carbocycles. The van der Waals surface area contributed by atoms with Gasteiger partial charge in [-0.1, -0.05) is 200 Å². The van der Waals surface area contributed by atoms with Gasteiger partial charge < -0.3 is 9.47 Å². The first-order valence-electron chi connectivity index (χ1n) is 25.4. The summed E-state index contributed by atoms with van der Waals surface area (Å²) >= 11 is 0. The van der Waals surface area contributed by atoms with Crippen LogP contribution in [0, 0.1) is 0 Å². The van der Waals surface area contributed by atoms with Crippen LogP contribution in [-0.2, 0) is 5.41 Å². The van der Waals surface area contributed by atoms with Gasteiger partial charge >= 0.3 is 0 Å². The number of aromatic nitrogens is 1. The maximum atomic E-state index is 2.51. The van der Waals surface area contributed by atoms with E-state index in [1.165, 1.54) is 121 Å². The van der Waals surface area contributed by atoms with Crippen molar-refractivity contribution >= 4 is 82.0 Å². The minimum atomic E-state index is -0.466. The maximum Gasteiger partial charge on any atom is 0.0726 e. The van der Waals surface area contributed by atoms with Crippen LogP contribution in [0.3, 0.4) is 0 Å². The summed E-state index contributed by atoms with van der Waals surface area (Å²) in [5.74, 6) is 0. The molecule has 0 aliphatic heterocycles. The summed E-state index contributed by atoms with van der Waals surface area (Å²) < 4.78 is 2.43. The van der Waals surface area contributed by atoms with Crippen LogP contribution in [0.5, 0.6) is 0 Å². The zero-order chi connectivity index (χ0) is 47.8. The van der Waals surface area contributed by atoms with Gasteiger partial charge in [0.05, 0.1) is 16.4 Å². The van der Waals surface area contributed by atoms with Gasteiger partial charge in [0, 0.05) is 33.5 Å². The van der Waals surface area contributed by atoms with Crippen LogP contribution in [0.25, 0.3) is 104 Å². The van der Waals surface area contributed by atoms with E-state index < -0.39 is 5.41 Å². The van der Waals surface area contributed by atoms with Crippen molar-refractivity contribution in [1.29, 1.82) is 0 Å². The molecule has 0 saturated heterocycles. The summed E-state index contributed by atoms with van der Waals surface area (Å²) in [7, 11) is 0. The Labute approximate surface area is 422 Å². The molecule has 1 spiro atoms. The van der Waals surface area contributed by atoms with Gasteiger partial charge in [0.25, 0.3) is 0 Å². The zero-order valence-corrected chi connectivity index (χ0v) is 39.8. The van der Waals surface area contributed by atoms with Gasteiger partial charge in [-0.15, -0.1) is 0 Å². The van der Waals surface area contributed by atoms with Crippen molar-refractivity contribution < 1.29 is 0 Å². The summed E-state index contributed by atoms with van der Waals surface area (Å²) in [6, 6.07) is 99.8. The van der Waals surface area contributed by atoms with Gasteiger partial charge in [-0.05, 0) is 165 Å². The second-order valence-corrected chi connectivity index (χ2v) is 19.9.